The van der Waals surface area contributed by atoms with Crippen molar-refractivity contribution in [3.63, 3.8) is 0 Å². The van der Waals surface area contributed by atoms with E-state index in [1.54, 1.807) is 48.5 Å². The highest BCUT2D eigenvalue weighted by molar-refractivity contribution is 5.71. The molecule has 3 aromatic rings. The zero-order chi connectivity index (χ0) is 21.1. The smallest absolute Gasteiger partial charge is 0.166 e. The number of hydrogen-bond donors (Lipinski definition) is 0. The molecular formula is C26H23F3O. The number of halogens is 3. The second kappa shape index (κ2) is 8.88. The number of hydrogen-bond acceptors (Lipinski definition) is 1. The van der Waals surface area contributed by atoms with Crippen LogP contribution < -0.4 is 0 Å². The fourth-order valence-corrected chi connectivity index (χ4v) is 3.98. The van der Waals surface area contributed by atoms with Gasteiger partial charge in [0.25, 0.3) is 0 Å². The lowest BCUT2D eigenvalue weighted by atomic mass is 9.91. The molecule has 0 spiro atoms. The van der Waals surface area contributed by atoms with Crippen LogP contribution >= 0.6 is 0 Å². The molecule has 1 atom stereocenters. The van der Waals surface area contributed by atoms with E-state index in [9.17, 15) is 13.2 Å². The Morgan fingerprint density at radius 1 is 0.900 bits per heavy atom. The first-order valence-corrected chi connectivity index (χ1v) is 10.1. The topological polar surface area (TPSA) is 9.23 Å². The molecule has 1 fully saturated rings. The van der Waals surface area contributed by atoms with Crippen LogP contribution in [0.3, 0.4) is 0 Å². The largest absolute Gasteiger partial charge is 0.381 e. The van der Waals surface area contributed by atoms with E-state index in [1.807, 2.05) is 6.07 Å². The number of allylic oxidation sites excluding steroid dienone is 1. The average Bonchev–Trinajstić information content (AvgIpc) is 2.78. The van der Waals surface area contributed by atoms with E-state index in [1.165, 1.54) is 6.08 Å². The fourth-order valence-electron chi connectivity index (χ4n) is 3.98. The average molecular weight is 408 g/mol. The van der Waals surface area contributed by atoms with Gasteiger partial charge in [-0.3, -0.25) is 0 Å². The summed E-state index contributed by atoms with van der Waals surface area (Å²) in [4.78, 5) is 0. The molecule has 0 bridgehead atoms. The Hall–Kier alpha value is -2.85. The lowest BCUT2D eigenvalue weighted by Gasteiger charge is -2.22. The van der Waals surface area contributed by atoms with Crippen LogP contribution in [0.15, 0.2) is 67.3 Å². The molecule has 154 valence electrons. The van der Waals surface area contributed by atoms with Crippen molar-refractivity contribution in [3.8, 4) is 22.3 Å². The quantitative estimate of drug-likeness (QED) is 0.411. The van der Waals surface area contributed by atoms with Crippen LogP contribution in [-0.2, 0) is 11.2 Å². The van der Waals surface area contributed by atoms with Gasteiger partial charge in [-0.25, -0.2) is 13.2 Å². The molecule has 1 heterocycles. The highest BCUT2D eigenvalue weighted by Crippen LogP contribution is 2.32. The predicted octanol–water partition coefficient (Wildman–Crippen LogP) is 7.06. The molecule has 1 aliphatic rings. The zero-order valence-electron chi connectivity index (χ0n) is 16.6. The molecule has 0 N–H and O–H groups in total. The first-order valence-electron chi connectivity index (χ1n) is 10.1. The van der Waals surface area contributed by atoms with Gasteiger partial charge in [-0.2, -0.15) is 0 Å². The molecule has 0 aliphatic carbocycles. The van der Waals surface area contributed by atoms with E-state index in [0.717, 1.165) is 25.0 Å². The van der Waals surface area contributed by atoms with Gasteiger partial charge in [0, 0.05) is 23.7 Å². The normalized spacial score (nSPS) is 16.4. The van der Waals surface area contributed by atoms with Crippen molar-refractivity contribution in [1.29, 1.82) is 0 Å². The number of benzene rings is 3. The zero-order valence-corrected chi connectivity index (χ0v) is 16.6. The Morgan fingerprint density at radius 3 is 2.23 bits per heavy atom. The summed E-state index contributed by atoms with van der Waals surface area (Å²) in [6.45, 7) is 4.95. The first kappa shape index (κ1) is 20.4. The van der Waals surface area contributed by atoms with Crippen molar-refractivity contribution in [2.75, 3.05) is 13.2 Å². The molecule has 1 saturated heterocycles. The Balaban J connectivity index is 1.59. The van der Waals surface area contributed by atoms with Gasteiger partial charge in [0.05, 0.1) is 6.61 Å². The summed E-state index contributed by atoms with van der Waals surface area (Å²) in [5.74, 6) is -1.81. The van der Waals surface area contributed by atoms with Crippen molar-refractivity contribution in [3.05, 3.63) is 95.8 Å². The van der Waals surface area contributed by atoms with Crippen molar-refractivity contribution in [2.45, 2.75) is 25.2 Å². The van der Waals surface area contributed by atoms with E-state index in [2.05, 4.69) is 6.58 Å². The molecule has 0 radical (unpaired) electrons. The molecule has 0 aromatic heterocycles. The van der Waals surface area contributed by atoms with E-state index >= 15 is 0 Å². The van der Waals surface area contributed by atoms with E-state index < -0.39 is 11.6 Å². The minimum atomic E-state index is -0.882. The van der Waals surface area contributed by atoms with Gasteiger partial charge in [0.15, 0.2) is 11.6 Å². The summed E-state index contributed by atoms with van der Waals surface area (Å²) >= 11 is 0. The van der Waals surface area contributed by atoms with Crippen LogP contribution in [-0.4, -0.2) is 13.2 Å². The third-order valence-corrected chi connectivity index (χ3v) is 5.66. The van der Waals surface area contributed by atoms with Gasteiger partial charge in [0.1, 0.15) is 5.82 Å². The monoisotopic (exact) mass is 408 g/mol. The van der Waals surface area contributed by atoms with Gasteiger partial charge in [-0.05, 0) is 47.6 Å². The molecule has 3 aromatic carbocycles. The summed E-state index contributed by atoms with van der Waals surface area (Å²) in [6, 6.07) is 15.3. The molecular weight excluding hydrogens is 385 g/mol. The molecule has 1 nitrogen and oxygen atoms in total. The van der Waals surface area contributed by atoms with Gasteiger partial charge >= 0.3 is 0 Å². The lowest BCUT2D eigenvalue weighted by Crippen LogP contribution is -2.15. The van der Waals surface area contributed by atoms with Crippen LogP contribution in [0.25, 0.3) is 22.3 Å². The van der Waals surface area contributed by atoms with Crippen LogP contribution in [0, 0.1) is 17.5 Å². The molecule has 1 aliphatic heterocycles. The second-order valence-electron chi connectivity index (χ2n) is 7.62. The molecule has 0 saturated carbocycles. The minimum absolute atomic E-state index is 0.181. The van der Waals surface area contributed by atoms with Crippen LogP contribution in [0.1, 0.15) is 29.9 Å². The van der Waals surface area contributed by atoms with Crippen LogP contribution in [0.2, 0.25) is 0 Å². The van der Waals surface area contributed by atoms with Crippen molar-refractivity contribution >= 4 is 0 Å². The molecule has 0 amide bonds. The maximum absolute atomic E-state index is 14.8. The predicted molar refractivity (Wildman–Crippen MR) is 114 cm³/mol. The molecule has 30 heavy (non-hydrogen) atoms. The van der Waals surface area contributed by atoms with E-state index in [-0.39, 0.29) is 29.3 Å². The van der Waals surface area contributed by atoms with Crippen LogP contribution in [0.4, 0.5) is 13.2 Å². The number of ether oxygens (including phenoxy) is 1. The van der Waals surface area contributed by atoms with Gasteiger partial charge in [-0.1, -0.05) is 54.6 Å². The Kier molecular flexibility index (Phi) is 6.05. The third kappa shape index (κ3) is 4.05. The Labute approximate surface area is 174 Å². The maximum atomic E-state index is 14.8. The summed E-state index contributed by atoms with van der Waals surface area (Å²) in [5.41, 5.74) is 3.11. The minimum Gasteiger partial charge on any atom is -0.381 e. The lowest BCUT2D eigenvalue weighted by molar-refractivity contribution is 0.0804. The van der Waals surface area contributed by atoms with Gasteiger partial charge < -0.3 is 4.74 Å². The number of rotatable bonds is 5. The highest BCUT2D eigenvalue weighted by Gasteiger charge is 2.18. The van der Waals surface area contributed by atoms with Crippen molar-refractivity contribution in [1.82, 2.24) is 0 Å². The SMILES string of the molecule is C=CCc1ccc(-c2ccc(-c3ccc(C4CCCOC4)cc3F)cc2)c(F)c1F. The first-order chi connectivity index (χ1) is 14.6. The highest BCUT2D eigenvalue weighted by atomic mass is 19.2. The Bertz CT molecular complexity index is 1050. The fraction of sp³-hybridized carbons (Fsp3) is 0.231. The summed E-state index contributed by atoms with van der Waals surface area (Å²) in [6.07, 6.45) is 3.79. The third-order valence-electron chi connectivity index (χ3n) is 5.66. The second-order valence-corrected chi connectivity index (χ2v) is 7.62. The van der Waals surface area contributed by atoms with Crippen LogP contribution in [0.5, 0.6) is 0 Å². The standard InChI is InChI=1S/C26H23F3O/c1-2-4-19-10-13-23(26(29)25(19)28)18-8-6-17(7-9-18)22-12-11-20(15-24(22)27)21-5-3-14-30-16-21/h2,6-13,15,21H,1,3-5,14,16H2. The van der Waals surface area contributed by atoms with Crippen molar-refractivity contribution in [2.24, 2.45) is 0 Å². The van der Waals surface area contributed by atoms with Gasteiger partial charge in [-0.15, -0.1) is 6.58 Å². The summed E-state index contributed by atoms with van der Waals surface area (Å²) in [5, 5.41) is 0. The molecule has 4 rings (SSSR count). The van der Waals surface area contributed by atoms with Crippen molar-refractivity contribution < 1.29 is 17.9 Å². The Morgan fingerprint density at radius 2 is 1.60 bits per heavy atom. The summed E-state index contributed by atoms with van der Waals surface area (Å²) in [7, 11) is 0. The maximum Gasteiger partial charge on any atom is 0.166 e. The molecule has 1 unspecified atom stereocenters. The summed E-state index contributed by atoms with van der Waals surface area (Å²) < 4.78 is 49.0. The van der Waals surface area contributed by atoms with E-state index in [4.69, 9.17) is 4.74 Å². The van der Waals surface area contributed by atoms with E-state index in [0.29, 0.717) is 23.3 Å². The van der Waals surface area contributed by atoms with Gasteiger partial charge in [0.2, 0.25) is 0 Å². The molecule has 4 heteroatoms.